The summed E-state index contributed by atoms with van der Waals surface area (Å²) in [5.41, 5.74) is -0.0106. The second kappa shape index (κ2) is 8.08. The van der Waals surface area contributed by atoms with Crippen molar-refractivity contribution in [2.24, 2.45) is 17.3 Å². The van der Waals surface area contributed by atoms with E-state index in [1.807, 2.05) is 0 Å². The van der Waals surface area contributed by atoms with Gasteiger partial charge in [-0.25, -0.2) is 0 Å². The minimum Gasteiger partial charge on any atom is -0.396 e. The van der Waals surface area contributed by atoms with Crippen molar-refractivity contribution in [3.63, 3.8) is 0 Å². The van der Waals surface area contributed by atoms with Crippen LogP contribution in [0.2, 0.25) is 0 Å². The van der Waals surface area contributed by atoms with Crippen LogP contribution in [0.5, 0.6) is 0 Å². The molecule has 0 saturated heterocycles. The quantitative estimate of drug-likeness (QED) is 0.657. The highest BCUT2D eigenvalue weighted by molar-refractivity contribution is 4.79. The van der Waals surface area contributed by atoms with Gasteiger partial charge in [-0.15, -0.1) is 0 Å². The van der Waals surface area contributed by atoms with E-state index in [0.29, 0.717) is 18.4 Å². The van der Waals surface area contributed by atoms with Gasteiger partial charge in [0.1, 0.15) is 0 Å². The van der Waals surface area contributed by atoms with Gasteiger partial charge in [-0.2, -0.15) is 0 Å². The molecule has 98 valence electrons. The molecule has 0 bridgehead atoms. The SMILES string of the molecule is COCC(CO)(CCC(C)C)CCC(C)C. The lowest BCUT2D eigenvalue weighted by atomic mass is 9.77. The summed E-state index contributed by atoms with van der Waals surface area (Å²) in [5.74, 6) is 1.39. The Labute approximate surface area is 101 Å². The molecule has 2 nitrogen and oxygen atoms in total. The van der Waals surface area contributed by atoms with Gasteiger partial charge in [-0.1, -0.05) is 40.5 Å². The van der Waals surface area contributed by atoms with Crippen LogP contribution < -0.4 is 0 Å². The van der Waals surface area contributed by atoms with E-state index in [0.717, 1.165) is 12.8 Å². The normalized spacial score (nSPS) is 12.8. The molecule has 0 rings (SSSR count). The fourth-order valence-corrected chi connectivity index (χ4v) is 1.97. The van der Waals surface area contributed by atoms with Gasteiger partial charge in [0.05, 0.1) is 13.2 Å². The Morgan fingerprint density at radius 1 is 1.00 bits per heavy atom. The molecule has 0 spiro atoms. The highest BCUT2D eigenvalue weighted by Gasteiger charge is 2.29. The average Bonchev–Trinajstić information content (AvgIpc) is 2.22. The fourth-order valence-electron chi connectivity index (χ4n) is 1.97. The van der Waals surface area contributed by atoms with Crippen LogP contribution in [0.15, 0.2) is 0 Å². The first-order valence-corrected chi connectivity index (χ1v) is 6.55. The third-order valence-corrected chi connectivity index (χ3v) is 3.29. The van der Waals surface area contributed by atoms with Gasteiger partial charge in [-0.3, -0.25) is 0 Å². The number of methoxy groups -OCH3 is 1. The number of hydrogen-bond donors (Lipinski definition) is 1. The Kier molecular flexibility index (Phi) is 8.04. The molecular weight excluding hydrogens is 200 g/mol. The minimum atomic E-state index is -0.0106. The molecule has 0 radical (unpaired) electrons. The Morgan fingerprint density at radius 3 is 1.69 bits per heavy atom. The van der Waals surface area contributed by atoms with Gasteiger partial charge in [0.2, 0.25) is 0 Å². The van der Waals surface area contributed by atoms with E-state index in [-0.39, 0.29) is 12.0 Å². The van der Waals surface area contributed by atoms with E-state index in [1.165, 1.54) is 12.8 Å². The van der Waals surface area contributed by atoms with Crippen molar-refractivity contribution in [2.75, 3.05) is 20.3 Å². The Bertz CT molecular complexity index is 152. The van der Waals surface area contributed by atoms with E-state index in [9.17, 15) is 5.11 Å². The zero-order valence-electron chi connectivity index (χ0n) is 11.8. The predicted molar refractivity (Wildman–Crippen MR) is 69.5 cm³/mol. The molecular formula is C14H30O2. The maximum Gasteiger partial charge on any atom is 0.0540 e. The van der Waals surface area contributed by atoms with Crippen LogP contribution in [0.25, 0.3) is 0 Å². The Balaban J connectivity index is 4.31. The van der Waals surface area contributed by atoms with E-state index in [4.69, 9.17) is 4.74 Å². The van der Waals surface area contributed by atoms with Gasteiger partial charge in [0, 0.05) is 12.5 Å². The lowest BCUT2D eigenvalue weighted by molar-refractivity contribution is 0.00959. The monoisotopic (exact) mass is 230 g/mol. The fraction of sp³-hybridized carbons (Fsp3) is 1.00. The molecule has 16 heavy (non-hydrogen) atoms. The molecule has 1 N–H and O–H groups in total. The topological polar surface area (TPSA) is 29.5 Å². The maximum absolute atomic E-state index is 9.65. The first kappa shape index (κ1) is 15.9. The van der Waals surface area contributed by atoms with Crippen molar-refractivity contribution in [3.8, 4) is 0 Å². The largest absolute Gasteiger partial charge is 0.396 e. The molecule has 0 aromatic rings. The molecule has 0 atom stereocenters. The highest BCUT2D eigenvalue weighted by Crippen LogP contribution is 2.32. The summed E-state index contributed by atoms with van der Waals surface area (Å²) >= 11 is 0. The lowest BCUT2D eigenvalue weighted by Gasteiger charge is -2.32. The first-order chi connectivity index (χ1) is 7.45. The lowest BCUT2D eigenvalue weighted by Crippen LogP contribution is -2.31. The third kappa shape index (κ3) is 6.49. The molecule has 0 heterocycles. The minimum absolute atomic E-state index is 0.0106. The number of aliphatic hydroxyl groups is 1. The van der Waals surface area contributed by atoms with Gasteiger partial charge >= 0.3 is 0 Å². The van der Waals surface area contributed by atoms with Gasteiger partial charge in [0.25, 0.3) is 0 Å². The van der Waals surface area contributed by atoms with Crippen molar-refractivity contribution >= 4 is 0 Å². The van der Waals surface area contributed by atoms with E-state index in [1.54, 1.807) is 7.11 Å². The van der Waals surface area contributed by atoms with Crippen LogP contribution in [0.4, 0.5) is 0 Å². The molecule has 0 aliphatic carbocycles. The zero-order chi connectivity index (χ0) is 12.6. The Morgan fingerprint density at radius 2 is 1.44 bits per heavy atom. The summed E-state index contributed by atoms with van der Waals surface area (Å²) < 4.78 is 5.30. The number of aliphatic hydroxyl groups excluding tert-OH is 1. The van der Waals surface area contributed by atoms with Crippen LogP contribution in [-0.4, -0.2) is 25.4 Å². The van der Waals surface area contributed by atoms with Crippen LogP contribution in [0, 0.1) is 17.3 Å². The summed E-state index contributed by atoms with van der Waals surface area (Å²) in [5, 5.41) is 9.65. The molecule has 0 aliphatic heterocycles. The van der Waals surface area contributed by atoms with Crippen molar-refractivity contribution in [3.05, 3.63) is 0 Å². The van der Waals surface area contributed by atoms with Crippen molar-refractivity contribution in [1.82, 2.24) is 0 Å². The molecule has 0 aromatic carbocycles. The van der Waals surface area contributed by atoms with Crippen LogP contribution in [0.3, 0.4) is 0 Å². The number of ether oxygens (including phenoxy) is 1. The summed E-state index contributed by atoms with van der Waals surface area (Å²) in [7, 11) is 1.73. The Hall–Kier alpha value is -0.0800. The van der Waals surface area contributed by atoms with Crippen molar-refractivity contribution < 1.29 is 9.84 Å². The van der Waals surface area contributed by atoms with Gasteiger partial charge < -0.3 is 9.84 Å². The molecule has 2 heteroatoms. The standard InChI is InChI=1S/C14H30O2/c1-12(2)6-8-14(10-15,11-16-5)9-7-13(3)4/h12-13,15H,6-11H2,1-5H3. The smallest absolute Gasteiger partial charge is 0.0540 e. The average molecular weight is 230 g/mol. The van der Waals surface area contributed by atoms with Crippen LogP contribution in [0.1, 0.15) is 53.4 Å². The molecule has 0 saturated carbocycles. The molecule has 0 aromatic heterocycles. The van der Waals surface area contributed by atoms with Crippen LogP contribution in [-0.2, 0) is 4.74 Å². The van der Waals surface area contributed by atoms with Crippen molar-refractivity contribution in [1.29, 1.82) is 0 Å². The zero-order valence-corrected chi connectivity index (χ0v) is 11.8. The number of rotatable bonds is 9. The highest BCUT2D eigenvalue weighted by atomic mass is 16.5. The van der Waals surface area contributed by atoms with E-state index in [2.05, 4.69) is 27.7 Å². The van der Waals surface area contributed by atoms with E-state index < -0.39 is 0 Å². The third-order valence-electron chi connectivity index (χ3n) is 3.29. The van der Waals surface area contributed by atoms with Crippen LogP contribution >= 0.6 is 0 Å². The summed E-state index contributed by atoms with van der Waals surface area (Å²) in [6.07, 6.45) is 4.48. The first-order valence-electron chi connectivity index (χ1n) is 6.55. The molecule has 0 unspecified atom stereocenters. The van der Waals surface area contributed by atoms with Crippen molar-refractivity contribution in [2.45, 2.75) is 53.4 Å². The summed E-state index contributed by atoms with van der Waals surface area (Å²) in [6, 6.07) is 0. The summed E-state index contributed by atoms with van der Waals surface area (Å²) in [6.45, 7) is 9.87. The molecule has 0 aliphatic rings. The maximum atomic E-state index is 9.65. The predicted octanol–water partition coefficient (Wildman–Crippen LogP) is 3.48. The number of hydrogen-bond acceptors (Lipinski definition) is 2. The second-order valence-corrected chi connectivity index (χ2v) is 5.96. The van der Waals surface area contributed by atoms with Gasteiger partial charge in [0.15, 0.2) is 0 Å². The second-order valence-electron chi connectivity index (χ2n) is 5.96. The molecule has 0 amide bonds. The summed E-state index contributed by atoms with van der Waals surface area (Å²) in [4.78, 5) is 0. The molecule has 0 fully saturated rings. The van der Waals surface area contributed by atoms with E-state index >= 15 is 0 Å². The van der Waals surface area contributed by atoms with Gasteiger partial charge in [-0.05, 0) is 24.7 Å².